The highest BCUT2D eigenvalue weighted by atomic mass is 32.2. The summed E-state index contributed by atoms with van der Waals surface area (Å²) in [6.45, 7) is 1.91. The SMILES string of the molecule is Cc1nnc(SCc2coc3ccccc3c2=O)s1. The van der Waals surface area contributed by atoms with Gasteiger partial charge in [-0.05, 0) is 19.1 Å². The predicted molar refractivity (Wildman–Crippen MR) is 76.7 cm³/mol. The van der Waals surface area contributed by atoms with E-state index in [9.17, 15) is 4.79 Å². The Balaban J connectivity index is 1.89. The van der Waals surface area contributed by atoms with Gasteiger partial charge in [-0.2, -0.15) is 0 Å². The highest BCUT2D eigenvalue weighted by Gasteiger charge is 2.08. The van der Waals surface area contributed by atoms with Crippen molar-refractivity contribution in [1.82, 2.24) is 10.2 Å². The first-order valence-corrected chi connectivity index (χ1v) is 7.46. The van der Waals surface area contributed by atoms with Crippen molar-refractivity contribution in [3.8, 4) is 0 Å². The summed E-state index contributed by atoms with van der Waals surface area (Å²) in [5.74, 6) is 0.543. The van der Waals surface area contributed by atoms with Crippen molar-refractivity contribution in [3.63, 3.8) is 0 Å². The van der Waals surface area contributed by atoms with E-state index in [1.807, 2.05) is 19.1 Å². The lowest BCUT2D eigenvalue weighted by Gasteiger charge is -2.00. The zero-order valence-corrected chi connectivity index (χ0v) is 11.8. The average molecular weight is 290 g/mol. The number of para-hydroxylation sites is 1. The molecule has 0 amide bonds. The van der Waals surface area contributed by atoms with Crippen molar-refractivity contribution in [1.29, 1.82) is 0 Å². The molecule has 0 aliphatic heterocycles. The molecule has 0 atom stereocenters. The van der Waals surface area contributed by atoms with Crippen molar-refractivity contribution >= 4 is 34.1 Å². The van der Waals surface area contributed by atoms with E-state index >= 15 is 0 Å². The summed E-state index contributed by atoms with van der Waals surface area (Å²) < 4.78 is 6.34. The van der Waals surface area contributed by atoms with Gasteiger partial charge < -0.3 is 4.42 Å². The Kier molecular flexibility index (Phi) is 3.35. The van der Waals surface area contributed by atoms with Crippen LogP contribution in [0.2, 0.25) is 0 Å². The third-order valence-corrected chi connectivity index (χ3v) is 4.63. The van der Waals surface area contributed by atoms with Gasteiger partial charge in [-0.15, -0.1) is 10.2 Å². The van der Waals surface area contributed by atoms with Gasteiger partial charge in [0.25, 0.3) is 0 Å². The Morgan fingerprint density at radius 2 is 2.16 bits per heavy atom. The maximum absolute atomic E-state index is 12.2. The van der Waals surface area contributed by atoms with E-state index < -0.39 is 0 Å². The van der Waals surface area contributed by atoms with Crippen LogP contribution in [0, 0.1) is 6.92 Å². The standard InChI is InChI=1S/C13H10N2O2S2/c1-8-14-15-13(19-8)18-7-9-6-17-11-5-3-2-4-10(11)12(9)16/h2-6H,7H2,1H3. The molecule has 0 unspecified atom stereocenters. The Morgan fingerprint density at radius 1 is 1.32 bits per heavy atom. The molecule has 2 heterocycles. The van der Waals surface area contributed by atoms with E-state index in [-0.39, 0.29) is 5.43 Å². The van der Waals surface area contributed by atoms with Crippen molar-refractivity contribution in [2.75, 3.05) is 0 Å². The third-order valence-electron chi connectivity index (χ3n) is 2.61. The van der Waals surface area contributed by atoms with Crippen LogP contribution in [0.15, 0.2) is 44.1 Å². The smallest absolute Gasteiger partial charge is 0.196 e. The predicted octanol–water partition coefficient (Wildman–Crippen LogP) is 3.25. The van der Waals surface area contributed by atoms with E-state index in [0.29, 0.717) is 22.3 Å². The normalized spacial score (nSPS) is 11.0. The van der Waals surface area contributed by atoms with Crippen LogP contribution < -0.4 is 5.43 Å². The topological polar surface area (TPSA) is 56.0 Å². The summed E-state index contributed by atoms with van der Waals surface area (Å²) in [4.78, 5) is 12.2. The second-order valence-corrected chi connectivity index (χ2v) is 6.37. The number of aryl methyl sites for hydroxylation is 1. The Morgan fingerprint density at radius 3 is 2.95 bits per heavy atom. The lowest BCUT2D eigenvalue weighted by molar-refractivity contribution is 0.596. The van der Waals surface area contributed by atoms with E-state index in [0.717, 1.165) is 9.35 Å². The van der Waals surface area contributed by atoms with Crippen LogP contribution in [-0.2, 0) is 5.75 Å². The molecule has 0 radical (unpaired) electrons. The lowest BCUT2D eigenvalue weighted by atomic mass is 10.2. The first-order valence-electron chi connectivity index (χ1n) is 5.66. The number of nitrogens with zero attached hydrogens (tertiary/aromatic N) is 2. The molecule has 0 saturated carbocycles. The van der Waals surface area contributed by atoms with E-state index in [4.69, 9.17) is 4.42 Å². The highest BCUT2D eigenvalue weighted by molar-refractivity contribution is 8.00. The molecule has 0 fully saturated rings. The van der Waals surface area contributed by atoms with Gasteiger partial charge >= 0.3 is 0 Å². The molecule has 0 N–H and O–H groups in total. The van der Waals surface area contributed by atoms with Gasteiger partial charge in [0.1, 0.15) is 10.6 Å². The molecule has 4 nitrogen and oxygen atoms in total. The van der Waals surface area contributed by atoms with E-state index in [1.165, 1.54) is 29.4 Å². The van der Waals surface area contributed by atoms with Crippen LogP contribution in [-0.4, -0.2) is 10.2 Å². The van der Waals surface area contributed by atoms with Gasteiger partial charge in [0, 0.05) is 11.3 Å². The summed E-state index contributed by atoms with van der Waals surface area (Å²) >= 11 is 3.03. The summed E-state index contributed by atoms with van der Waals surface area (Å²) in [6.07, 6.45) is 1.53. The molecule has 6 heteroatoms. The summed E-state index contributed by atoms with van der Waals surface area (Å²) in [5.41, 5.74) is 1.29. The Labute approximate surface area is 117 Å². The molecule has 0 aliphatic carbocycles. The average Bonchev–Trinajstić information content (AvgIpc) is 2.84. The second kappa shape index (κ2) is 5.14. The molecule has 0 bridgehead atoms. The number of hydrogen-bond acceptors (Lipinski definition) is 6. The maximum atomic E-state index is 12.2. The number of thioether (sulfide) groups is 1. The quantitative estimate of drug-likeness (QED) is 0.693. The molecule has 3 aromatic rings. The number of rotatable bonds is 3. The van der Waals surface area contributed by atoms with Gasteiger partial charge in [0.2, 0.25) is 0 Å². The van der Waals surface area contributed by atoms with Gasteiger partial charge in [0.05, 0.1) is 11.6 Å². The van der Waals surface area contributed by atoms with Gasteiger partial charge in [-0.25, -0.2) is 0 Å². The van der Waals surface area contributed by atoms with Gasteiger partial charge in [-0.1, -0.05) is 35.2 Å². The molecule has 0 saturated heterocycles. The van der Waals surface area contributed by atoms with Gasteiger partial charge in [-0.3, -0.25) is 4.79 Å². The van der Waals surface area contributed by atoms with Crippen LogP contribution in [0.1, 0.15) is 10.6 Å². The van der Waals surface area contributed by atoms with Crippen molar-refractivity contribution in [3.05, 3.63) is 51.3 Å². The summed E-state index contributed by atoms with van der Waals surface area (Å²) in [6, 6.07) is 7.26. The van der Waals surface area contributed by atoms with Crippen LogP contribution >= 0.6 is 23.1 Å². The van der Waals surface area contributed by atoms with Crippen LogP contribution in [0.3, 0.4) is 0 Å². The molecular weight excluding hydrogens is 280 g/mol. The summed E-state index contributed by atoms with van der Waals surface area (Å²) in [7, 11) is 0. The fourth-order valence-electron chi connectivity index (χ4n) is 1.69. The molecule has 0 aliphatic rings. The largest absolute Gasteiger partial charge is 0.464 e. The first-order chi connectivity index (χ1) is 9.24. The van der Waals surface area contributed by atoms with Crippen molar-refractivity contribution < 1.29 is 4.42 Å². The molecule has 3 rings (SSSR count). The van der Waals surface area contributed by atoms with Crippen LogP contribution in [0.4, 0.5) is 0 Å². The molecule has 1 aromatic carbocycles. The van der Waals surface area contributed by atoms with E-state index in [1.54, 1.807) is 12.1 Å². The fourth-order valence-corrected chi connectivity index (χ4v) is 3.46. The fraction of sp³-hybridized carbons (Fsp3) is 0.154. The van der Waals surface area contributed by atoms with Gasteiger partial charge in [0.15, 0.2) is 9.77 Å². The second-order valence-electron chi connectivity index (χ2n) is 3.96. The van der Waals surface area contributed by atoms with Crippen LogP contribution in [0.5, 0.6) is 0 Å². The summed E-state index contributed by atoms with van der Waals surface area (Å²) in [5, 5.41) is 9.51. The minimum atomic E-state index is 0.0237. The lowest BCUT2D eigenvalue weighted by Crippen LogP contribution is -2.07. The van der Waals surface area contributed by atoms with Crippen molar-refractivity contribution in [2.45, 2.75) is 17.0 Å². The minimum absolute atomic E-state index is 0.0237. The zero-order chi connectivity index (χ0) is 13.2. The monoisotopic (exact) mass is 290 g/mol. The highest BCUT2D eigenvalue weighted by Crippen LogP contribution is 2.25. The zero-order valence-electron chi connectivity index (χ0n) is 10.1. The maximum Gasteiger partial charge on any atom is 0.196 e. The van der Waals surface area contributed by atoms with E-state index in [2.05, 4.69) is 10.2 Å². The number of hydrogen-bond donors (Lipinski definition) is 0. The Hall–Kier alpha value is -1.66. The van der Waals surface area contributed by atoms with Crippen molar-refractivity contribution in [2.24, 2.45) is 0 Å². The molecule has 19 heavy (non-hydrogen) atoms. The minimum Gasteiger partial charge on any atom is -0.464 e. The molecule has 0 spiro atoms. The third kappa shape index (κ3) is 2.54. The number of fused-ring (bicyclic) bond motifs is 1. The Bertz CT molecular complexity index is 779. The number of aromatic nitrogens is 2. The first kappa shape index (κ1) is 12.4. The van der Waals surface area contributed by atoms with Crippen LogP contribution in [0.25, 0.3) is 11.0 Å². The molecule has 96 valence electrons. The molecular formula is C13H10N2O2S2. The molecule has 2 aromatic heterocycles. The number of benzene rings is 1.